The smallest absolute Gasteiger partial charge is 0.261 e. The van der Waals surface area contributed by atoms with Crippen LogP contribution in [0.1, 0.15) is 41.2 Å². The lowest BCUT2D eigenvalue weighted by molar-refractivity contribution is 0.102. The van der Waals surface area contributed by atoms with Crippen LogP contribution in [0.3, 0.4) is 0 Å². The first kappa shape index (κ1) is 18.6. The van der Waals surface area contributed by atoms with Gasteiger partial charge in [0.25, 0.3) is 5.91 Å². The first-order chi connectivity index (χ1) is 13.1. The van der Waals surface area contributed by atoms with E-state index in [2.05, 4.69) is 14.9 Å². The number of nitrogens with one attached hydrogen (secondary N) is 1. The van der Waals surface area contributed by atoms with Crippen molar-refractivity contribution in [3.8, 4) is 0 Å². The first-order valence-corrected chi connectivity index (χ1v) is 9.15. The number of amides is 1. The van der Waals surface area contributed by atoms with Gasteiger partial charge in [-0.3, -0.25) is 14.6 Å². The van der Waals surface area contributed by atoms with E-state index >= 15 is 0 Å². The molecule has 138 valence electrons. The topological polar surface area (TPSA) is 64.0 Å². The molecule has 1 aromatic carbocycles. The van der Waals surface area contributed by atoms with Crippen molar-refractivity contribution in [2.75, 3.05) is 5.32 Å². The highest BCUT2D eigenvalue weighted by Gasteiger charge is 2.20. The molecule has 0 saturated carbocycles. The molecule has 5 heteroatoms. The Kier molecular flexibility index (Phi) is 5.81. The molecule has 5 nitrogen and oxygen atoms in total. The van der Waals surface area contributed by atoms with E-state index in [0.29, 0.717) is 25.1 Å². The van der Waals surface area contributed by atoms with Gasteiger partial charge >= 0.3 is 0 Å². The standard InChI is InChI=1S/C22H23N3O2/c1-3-18-14-20(26)21(22(27)24-17-8-6-5-7-9-17)19(4-2)25(18)15-16-10-12-23-13-11-16/h5-14H,3-4,15H2,1-2H3,(H,24,27). The molecule has 1 N–H and O–H groups in total. The Hall–Kier alpha value is -3.21. The zero-order valence-electron chi connectivity index (χ0n) is 15.6. The molecule has 2 aromatic heterocycles. The van der Waals surface area contributed by atoms with Crippen molar-refractivity contribution in [1.82, 2.24) is 9.55 Å². The van der Waals surface area contributed by atoms with Crippen LogP contribution in [-0.2, 0) is 19.4 Å². The Bertz CT molecular complexity index is 980. The number of benzene rings is 1. The number of pyridine rings is 2. The van der Waals surface area contributed by atoms with Crippen molar-refractivity contribution in [2.24, 2.45) is 0 Å². The Balaban J connectivity index is 2.07. The monoisotopic (exact) mass is 361 g/mol. The lowest BCUT2D eigenvalue weighted by Crippen LogP contribution is -2.29. The second kappa shape index (κ2) is 8.45. The summed E-state index contributed by atoms with van der Waals surface area (Å²) in [5.74, 6) is -0.366. The zero-order chi connectivity index (χ0) is 19.2. The van der Waals surface area contributed by atoms with Gasteiger partial charge in [-0.1, -0.05) is 32.0 Å². The van der Waals surface area contributed by atoms with E-state index < -0.39 is 0 Å². The zero-order valence-corrected chi connectivity index (χ0v) is 15.6. The number of hydrogen-bond donors (Lipinski definition) is 1. The summed E-state index contributed by atoms with van der Waals surface area (Å²) in [6, 6.07) is 14.7. The molecule has 3 aromatic rings. The van der Waals surface area contributed by atoms with Crippen LogP contribution in [0, 0.1) is 0 Å². The molecule has 0 aliphatic heterocycles. The molecule has 0 unspecified atom stereocenters. The third-order valence-electron chi connectivity index (χ3n) is 4.55. The fourth-order valence-corrected chi connectivity index (χ4v) is 3.24. The fourth-order valence-electron chi connectivity index (χ4n) is 3.24. The number of carbonyl (C=O) groups is 1. The summed E-state index contributed by atoms with van der Waals surface area (Å²) in [6.45, 7) is 4.58. The molecule has 0 fully saturated rings. The van der Waals surface area contributed by atoms with Gasteiger partial charge in [-0.2, -0.15) is 0 Å². The quantitative estimate of drug-likeness (QED) is 0.729. The molecule has 0 aliphatic carbocycles. The van der Waals surface area contributed by atoms with Crippen molar-refractivity contribution in [1.29, 1.82) is 0 Å². The summed E-state index contributed by atoms with van der Waals surface area (Å²) in [6.07, 6.45) is 4.80. The molecular formula is C22H23N3O2. The van der Waals surface area contributed by atoms with Gasteiger partial charge < -0.3 is 9.88 Å². The van der Waals surface area contributed by atoms with Crippen LogP contribution in [0.4, 0.5) is 5.69 Å². The molecule has 0 spiro atoms. The van der Waals surface area contributed by atoms with Gasteiger partial charge in [0.1, 0.15) is 5.56 Å². The maximum absolute atomic E-state index is 12.9. The Morgan fingerprint density at radius 3 is 2.37 bits per heavy atom. The van der Waals surface area contributed by atoms with Crippen molar-refractivity contribution in [3.63, 3.8) is 0 Å². The molecule has 27 heavy (non-hydrogen) atoms. The third-order valence-corrected chi connectivity index (χ3v) is 4.55. The Morgan fingerprint density at radius 2 is 1.74 bits per heavy atom. The van der Waals surface area contributed by atoms with Crippen molar-refractivity contribution in [2.45, 2.75) is 33.2 Å². The van der Waals surface area contributed by atoms with Gasteiger partial charge in [0.2, 0.25) is 0 Å². The van der Waals surface area contributed by atoms with E-state index in [1.807, 2.05) is 44.2 Å². The second-order valence-corrected chi connectivity index (χ2v) is 6.29. The summed E-state index contributed by atoms with van der Waals surface area (Å²) in [7, 11) is 0. The van der Waals surface area contributed by atoms with E-state index in [0.717, 1.165) is 17.0 Å². The van der Waals surface area contributed by atoms with Crippen LogP contribution in [-0.4, -0.2) is 15.5 Å². The Morgan fingerprint density at radius 1 is 1.04 bits per heavy atom. The van der Waals surface area contributed by atoms with Crippen LogP contribution in [0.5, 0.6) is 0 Å². The van der Waals surface area contributed by atoms with Gasteiger partial charge in [0.15, 0.2) is 5.43 Å². The van der Waals surface area contributed by atoms with E-state index in [-0.39, 0.29) is 16.9 Å². The average molecular weight is 361 g/mol. The summed E-state index contributed by atoms with van der Waals surface area (Å²) >= 11 is 0. The highest BCUT2D eigenvalue weighted by molar-refractivity contribution is 6.05. The SMILES string of the molecule is CCc1cc(=O)c(C(=O)Nc2ccccc2)c(CC)n1Cc1ccncc1. The second-order valence-electron chi connectivity index (χ2n) is 6.29. The number of anilines is 1. The number of aryl methyl sites for hydroxylation is 1. The van der Waals surface area contributed by atoms with Gasteiger partial charge in [0.05, 0.1) is 0 Å². The number of nitrogens with zero attached hydrogens (tertiary/aromatic N) is 2. The van der Waals surface area contributed by atoms with Crippen LogP contribution >= 0.6 is 0 Å². The van der Waals surface area contributed by atoms with Crippen LogP contribution in [0.25, 0.3) is 0 Å². The minimum atomic E-state index is -0.366. The van der Waals surface area contributed by atoms with Crippen LogP contribution in [0.2, 0.25) is 0 Å². The maximum atomic E-state index is 12.9. The van der Waals surface area contributed by atoms with E-state index in [1.165, 1.54) is 0 Å². The number of aromatic nitrogens is 2. The number of hydrogen-bond acceptors (Lipinski definition) is 3. The lowest BCUT2D eigenvalue weighted by atomic mass is 10.1. The summed E-state index contributed by atoms with van der Waals surface area (Å²) in [4.78, 5) is 29.7. The molecule has 0 aliphatic rings. The molecule has 0 atom stereocenters. The number of rotatable bonds is 6. The average Bonchev–Trinajstić information content (AvgIpc) is 2.70. The van der Waals surface area contributed by atoms with E-state index in [1.54, 1.807) is 30.6 Å². The van der Waals surface area contributed by atoms with Gasteiger partial charge in [0, 0.05) is 42.1 Å². The summed E-state index contributed by atoms with van der Waals surface area (Å²) < 4.78 is 2.08. The van der Waals surface area contributed by atoms with Crippen LogP contribution < -0.4 is 10.7 Å². The molecule has 1 amide bonds. The van der Waals surface area contributed by atoms with Crippen molar-refractivity contribution >= 4 is 11.6 Å². The fraction of sp³-hybridized carbons (Fsp3) is 0.227. The van der Waals surface area contributed by atoms with Gasteiger partial charge in [-0.15, -0.1) is 0 Å². The van der Waals surface area contributed by atoms with Crippen molar-refractivity contribution in [3.05, 3.63) is 93.7 Å². The maximum Gasteiger partial charge on any atom is 0.261 e. The highest BCUT2D eigenvalue weighted by Crippen LogP contribution is 2.16. The minimum Gasteiger partial charge on any atom is -0.343 e. The molecule has 2 heterocycles. The predicted molar refractivity (Wildman–Crippen MR) is 107 cm³/mol. The minimum absolute atomic E-state index is 0.215. The van der Waals surface area contributed by atoms with Gasteiger partial charge in [-0.25, -0.2) is 0 Å². The molecular weight excluding hydrogens is 338 g/mol. The first-order valence-electron chi connectivity index (χ1n) is 9.15. The van der Waals surface area contributed by atoms with Crippen LogP contribution in [0.15, 0.2) is 65.7 Å². The summed E-state index contributed by atoms with van der Waals surface area (Å²) in [5.41, 5.74) is 3.40. The highest BCUT2D eigenvalue weighted by atomic mass is 16.2. The summed E-state index contributed by atoms with van der Waals surface area (Å²) in [5, 5.41) is 2.84. The molecule has 0 bridgehead atoms. The molecule has 0 radical (unpaired) electrons. The third kappa shape index (κ3) is 4.14. The van der Waals surface area contributed by atoms with E-state index in [9.17, 15) is 9.59 Å². The van der Waals surface area contributed by atoms with Crippen molar-refractivity contribution < 1.29 is 4.79 Å². The largest absolute Gasteiger partial charge is 0.343 e. The number of carbonyl (C=O) groups excluding carboxylic acids is 1. The van der Waals surface area contributed by atoms with Gasteiger partial charge in [-0.05, 0) is 42.7 Å². The number of para-hydroxylation sites is 1. The molecule has 0 saturated heterocycles. The lowest BCUT2D eigenvalue weighted by Gasteiger charge is -2.20. The normalized spacial score (nSPS) is 10.6. The predicted octanol–water partition coefficient (Wildman–Crippen LogP) is 3.67. The van der Waals surface area contributed by atoms with E-state index in [4.69, 9.17) is 0 Å². The Labute approximate surface area is 158 Å². The molecule has 3 rings (SSSR count).